The maximum Gasteiger partial charge on any atom is 0.338 e. The molecule has 1 aromatic heterocycles. The van der Waals surface area contributed by atoms with E-state index in [9.17, 15) is 19.7 Å². The number of carbonyl (C=O) groups is 2. The van der Waals surface area contributed by atoms with E-state index in [1.165, 1.54) is 23.4 Å². The number of carbonyl (C=O) groups excluding carboxylic acids is 2. The van der Waals surface area contributed by atoms with Crippen molar-refractivity contribution < 1.29 is 23.7 Å². The first kappa shape index (κ1) is 23.7. The molecule has 1 amide bonds. The van der Waals surface area contributed by atoms with Crippen LogP contribution in [0, 0.1) is 17.0 Å². The molecule has 1 aliphatic rings. The van der Waals surface area contributed by atoms with Crippen LogP contribution in [0.4, 0.5) is 11.4 Å². The summed E-state index contributed by atoms with van der Waals surface area (Å²) in [5, 5.41) is 17.2. The number of nitro benzene ring substituents is 1. The van der Waals surface area contributed by atoms with Gasteiger partial charge in [0.2, 0.25) is 0 Å². The van der Waals surface area contributed by atoms with Gasteiger partial charge < -0.3 is 14.1 Å². The Morgan fingerprint density at radius 2 is 1.94 bits per heavy atom. The fraction of sp³-hybridized carbons (Fsp3) is 0.240. The average molecular weight is 476 g/mol. The highest BCUT2D eigenvalue weighted by Gasteiger charge is 2.35. The topological polar surface area (TPSA) is 118 Å². The van der Waals surface area contributed by atoms with Crippen LogP contribution in [0.25, 0.3) is 0 Å². The minimum Gasteiger partial charge on any atom is -0.467 e. The zero-order valence-corrected chi connectivity index (χ0v) is 19.5. The first-order valence-corrected chi connectivity index (χ1v) is 10.9. The van der Waals surface area contributed by atoms with Crippen LogP contribution in [-0.4, -0.2) is 48.2 Å². The standard InChI is InChI=1S/C25H24N4O6/c1-16-6-8-17(9-7-16)19-14-22(23-5-4-12-34-23)28(26-19)24(30)15-35-25(31)18-10-11-20(27(2)3)21(13-18)29(32)33/h4-13,22H,14-15H2,1-3H3. The number of benzene rings is 2. The molecule has 0 fully saturated rings. The van der Waals surface area contributed by atoms with Crippen molar-refractivity contribution in [1.82, 2.24) is 5.01 Å². The van der Waals surface area contributed by atoms with Gasteiger partial charge in [-0.15, -0.1) is 0 Å². The van der Waals surface area contributed by atoms with E-state index in [-0.39, 0.29) is 11.3 Å². The lowest BCUT2D eigenvalue weighted by atomic mass is 10.0. The van der Waals surface area contributed by atoms with Crippen molar-refractivity contribution in [2.24, 2.45) is 5.10 Å². The number of hydrogen-bond donors (Lipinski definition) is 0. The quantitative estimate of drug-likeness (QED) is 0.286. The van der Waals surface area contributed by atoms with Crippen molar-refractivity contribution in [3.8, 4) is 0 Å². The van der Waals surface area contributed by atoms with E-state index in [4.69, 9.17) is 9.15 Å². The fourth-order valence-electron chi connectivity index (χ4n) is 3.81. The van der Waals surface area contributed by atoms with Gasteiger partial charge in [-0.1, -0.05) is 29.8 Å². The van der Waals surface area contributed by atoms with E-state index in [0.717, 1.165) is 17.2 Å². The number of amides is 1. The Morgan fingerprint density at radius 1 is 1.20 bits per heavy atom. The van der Waals surface area contributed by atoms with E-state index in [2.05, 4.69) is 5.10 Å². The molecule has 35 heavy (non-hydrogen) atoms. The second kappa shape index (κ2) is 9.80. The average Bonchev–Trinajstić information content (AvgIpc) is 3.52. The van der Waals surface area contributed by atoms with Crippen molar-refractivity contribution >= 4 is 29.0 Å². The maximum atomic E-state index is 13.0. The monoisotopic (exact) mass is 476 g/mol. The Bertz CT molecular complexity index is 1280. The first-order chi connectivity index (χ1) is 16.7. The predicted molar refractivity (Wildman–Crippen MR) is 128 cm³/mol. The summed E-state index contributed by atoms with van der Waals surface area (Å²) in [5.41, 5.74) is 2.78. The summed E-state index contributed by atoms with van der Waals surface area (Å²) >= 11 is 0. The van der Waals surface area contributed by atoms with E-state index in [1.54, 1.807) is 31.1 Å². The third-order valence-corrected chi connectivity index (χ3v) is 5.64. The molecule has 1 aliphatic heterocycles. The Morgan fingerprint density at radius 3 is 2.57 bits per heavy atom. The smallest absolute Gasteiger partial charge is 0.338 e. The van der Waals surface area contributed by atoms with Crippen molar-refractivity contribution in [1.29, 1.82) is 0 Å². The molecule has 10 heteroatoms. The third kappa shape index (κ3) is 5.06. The summed E-state index contributed by atoms with van der Waals surface area (Å²) in [4.78, 5) is 38.0. The summed E-state index contributed by atoms with van der Waals surface area (Å²) in [6, 6.07) is 14.8. The van der Waals surface area contributed by atoms with Gasteiger partial charge in [0.25, 0.3) is 11.6 Å². The van der Waals surface area contributed by atoms with E-state index >= 15 is 0 Å². The van der Waals surface area contributed by atoms with Crippen LogP contribution in [0.5, 0.6) is 0 Å². The van der Waals surface area contributed by atoms with Gasteiger partial charge in [0.1, 0.15) is 17.5 Å². The highest BCUT2D eigenvalue weighted by Crippen LogP contribution is 2.33. The van der Waals surface area contributed by atoms with E-state index in [0.29, 0.717) is 23.6 Å². The second-order valence-electron chi connectivity index (χ2n) is 8.32. The molecule has 0 aliphatic carbocycles. The van der Waals surface area contributed by atoms with E-state index in [1.807, 2.05) is 31.2 Å². The zero-order valence-electron chi connectivity index (χ0n) is 19.5. The van der Waals surface area contributed by atoms with Gasteiger partial charge >= 0.3 is 5.97 Å². The van der Waals surface area contributed by atoms with Gasteiger partial charge in [-0.25, -0.2) is 9.80 Å². The fourth-order valence-corrected chi connectivity index (χ4v) is 3.81. The van der Waals surface area contributed by atoms with Gasteiger partial charge in [0.05, 0.1) is 22.5 Å². The molecule has 10 nitrogen and oxygen atoms in total. The highest BCUT2D eigenvalue weighted by atomic mass is 16.6. The van der Waals surface area contributed by atoms with Crippen LogP contribution in [-0.2, 0) is 9.53 Å². The molecular weight excluding hydrogens is 452 g/mol. The summed E-state index contributed by atoms with van der Waals surface area (Å²) < 4.78 is 10.7. The van der Waals surface area contributed by atoms with Crippen LogP contribution in [0.2, 0.25) is 0 Å². The minimum atomic E-state index is -0.844. The summed E-state index contributed by atoms with van der Waals surface area (Å²) in [5.74, 6) is -0.824. The summed E-state index contributed by atoms with van der Waals surface area (Å²) in [6.45, 7) is 1.41. The molecule has 3 aromatic rings. The highest BCUT2D eigenvalue weighted by molar-refractivity contribution is 6.03. The molecule has 0 saturated carbocycles. The van der Waals surface area contributed by atoms with E-state index < -0.39 is 29.4 Å². The second-order valence-corrected chi connectivity index (χ2v) is 8.32. The Labute approximate surface area is 201 Å². The largest absolute Gasteiger partial charge is 0.467 e. The molecule has 0 radical (unpaired) electrons. The molecule has 0 N–H and O–H groups in total. The lowest BCUT2D eigenvalue weighted by molar-refractivity contribution is -0.384. The molecule has 180 valence electrons. The number of hydrazone groups is 1. The van der Waals surface area contributed by atoms with Crippen molar-refractivity contribution in [2.45, 2.75) is 19.4 Å². The normalized spacial score (nSPS) is 15.0. The molecule has 2 aromatic carbocycles. The number of nitrogens with zero attached hydrogens (tertiary/aromatic N) is 4. The van der Waals surface area contributed by atoms with Crippen molar-refractivity contribution in [2.75, 3.05) is 25.6 Å². The van der Waals surface area contributed by atoms with Gasteiger partial charge in [-0.2, -0.15) is 5.10 Å². The van der Waals surface area contributed by atoms with Gasteiger partial charge in [0.15, 0.2) is 6.61 Å². The molecule has 2 heterocycles. The van der Waals surface area contributed by atoms with Gasteiger partial charge in [0, 0.05) is 26.6 Å². The molecule has 0 saturated heterocycles. The molecule has 1 unspecified atom stereocenters. The Balaban J connectivity index is 1.51. The summed E-state index contributed by atoms with van der Waals surface area (Å²) in [6.07, 6.45) is 1.96. The first-order valence-electron chi connectivity index (χ1n) is 10.9. The predicted octanol–water partition coefficient (Wildman–Crippen LogP) is 4.10. The molecule has 0 spiro atoms. The summed E-state index contributed by atoms with van der Waals surface area (Å²) in [7, 11) is 3.33. The van der Waals surface area contributed by atoms with Gasteiger partial charge in [-0.3, -0.25) is 14.9 Å². The van der Waals surface area contributed by atoms with Crippen LogP contribution in [0.15, 0.2) is 70.4 Å². The Kier molecular flexibility index (Phi) is 6.63. The number of rotatable bonds is 7. The van der Waals surface area contributed by atoms with Crippen molar-refractivity contribution in [3.63, 3.8) is 0 Å². The number of ether oxygens (including phenoxy) is 1. The molecule has 0 bridgehead atoms. The van der Waals surface area contributed by atoms with Crippen LogP contribution in [0.3, 0.4) is 0 Å². The third-order valence-electron chi connectivity index (χ3n) is 5.64. The maximum absolute atomic E-state index is 13.0. The SMILES string of the molecule is Cc1ccc(C2=NN(C(=O)COC(=O)c3ccc(N(C)C)c([N+](=O)[O-])c3)C(c3ccco3)C2)cc1. The number of anilines is 1. The van der Waals surface area contributed by atoms with Crippen LogP contribution < -0.4 is 4.90 Å². The number of esters is 1. The minimum absolute atomic E-state index is 0.0250. The van der Waals surface area contributed by atoms with Gasteiger partial charge in [-0.05, 0) is 36.8 Å². The van der Waals surface area contributed by atoms with Crippen molar-refractivity contribution in [3.05, 3.63) is 93.4 Å². The Hall–Kier alpha value is -4.47. The molecule has 4 rings (SSSR count). The zero-order chi connectivity index (χ0) is 25.1. The lowest BCUT2D eigenvalue weighted by Crippen LogP contribution is -2.31. The van der Waals surface area contributed by atoms with Crippen LogP contribution in [0.1, 0.15) is 39.7 Å². The van der Waals surface area contributed by atoms with Crippen LogP contribution >= 0.6 is 0 Å². The number of nitro groups is 1. The molecular formula is C25H24N4O6. The number of hydrogen-bond acceptors (Lipinski definition) is 8. The number of aryl methyl sites for hydroxylation is 1. The molecule has 1 atom stereocenters. The number of furan rings is 1. The lowest BCUT2D eigenvalue weighted by Gasteiger charge is -2.19.